The number of anilines is 1. The van der Waals surface area contributed by atoms with Crippen LogP contribution in [0.15, 0.2) is 59.6 Å². The van der Waals surface area contributed by atoms with Crippen LogP contribution in [0.2, 0.25) is 0 Å². The number of ether oxygens (including phenoxy) is 3. The smallest absolute Gasteiger partial charge is 0.416 e. The van der Waals surface area contributed by atoms with E-state index < -0.39 is 27.2 Å². The first-order valence-corrected chi connectivity index (χ1v) is 12.4. The van der Waals surface area contributed by atoms with Crippen molar-refractivity contribution in [1.29, 1.82) is 0 Å². The van der Waals surface area contributed by atoms with Crippen LogP contribution in [0.3, 0.4) is 0 Å². The van der Waals surface area contributed by atoms with Gasteiger partial charge in [-0.05, 0) is 36.8 Å². The fraction of sp³-hybridized carbons (Fsp3) is 0.333. The lowest BCUT2D eigenvalue weighted by atomic mass is 9.72. The molecule has 12 heteroatoms. The molecular weight excluding hydrogens is 499 g/mol. The molecule has 3 aromatic rings. The average Bonchev–Trinajstić information content (AvgIpc) is 2.84. The van der Waals surface area contributed by atoms with Gasteiger partial charge in [-0.25, -0.2) is 8.42 Å². The van der Waals surface area contributed by atoms with Gasteiger partial charge in [-0.1, -0.05) is 19.1 Å². The molecule has 1 atom stereocenters. The number of benzene rings is 2. The van der Waals surface area contributed by atoms with E-state index in [1.54, 1.807) is 12.1 Å². The van der Waals surface area contributed by atoms with Gasteiger partial charge in [0.15, 0.2) is 5.82 Å². The second kappa shape index (κ2) is 9.94. The zero-order valence-electron chi connectivity index (χ0n) is 19.5. The summed E-state index contributed by atoms with van der Waals surface area (Å²) in [4.78, 5) is -0.0554. The Labute approximate surface area is 206 Å². The molecular formula is C24H24F3N3O5S. The molecule has 0 saturated heterocycles. The third kappa shape index (κ3) is 5.24. The van der Waals surface area contributed by atoms with Gasteiger partial charge in [0.25, 0.3) is 10.0 Å². The number of alkyl halides is 3. The summed E-state index contributed by atoms with van der Waals surface area (Å²) in [5, 5.41) is 7.38. The van der Waals surface area contributed by atoms with Gasteiger partial charge in [0.2, 0.25) is 0 Å². The minimum Gasteiger partial charge on any atom is -0.493 e. The second-order valence-corrected chi connectivity index (χ2v) is 10.0. The first-order valence-electron chi connectivity index (χ1n) is 11.0. The lowest BCUT2D eigenvalue weighted by Crippen LogP contribution is -2.32. The average molecular weight is 524 g/mol. The largest absolute Gasteiger partial charge is 0.493 e. The molecule has 0 amide bonds. The minimum atomic E-state index is -4.54. The summed E-state index contributed by atoms with van der Waals surface area (Å²) in [7, 11) is -2.52. The third-order valence-corrected chi connectivity index (χ3v) is 7.33. The van der Waals surface area contributed by atoms with Crippen LogP contribution in [0, 0.1) is 0 Å². The van der Waals surface area contributed by atoms with Crippen LogP contribution >= 0.6 is 0 Å². The Kier molecular flexibility index (Phi) is 7.10. The molecule has 0 unspecified atom stereocenters. The number of nitrogens with one attached hydrogen (secondary N) is 1. The number of hydrogen-bond acceptors (Lipinski definition) is 7. The van der Waals surface area contributed by atoms with Crippen molar-refractivity contribution in [3.8, 4) is 11.5 Å². The van der Waals surface area contributed by atoms with Gasteiger partial charge in [0.05, 0.1) is 23.7 Å². The lowest BCUT2D eigenvalue weighted by Gasteiger charge is -2.37. The zero-order chi connectivity index (χ0) is 26.0. The summed E-state index contributed by atoms with van der Waals surface area (Å²) in [6.45, 7) is 2.36. The van der Waals surface area contributed by atoms with Crippen molar-refractivity contribution >= 4 is 15.8 Å². The maximum atomic E-state index is 13.4. The fourth-order valence-electron chi connectivity index (χ4n) is 4.09. The van der Waals surface area contributed by atoms with Crippen molar-refractivity contribution in [1.82, 2.24) is 10.2 Å². The summed E-state index contributed by atoms with van der Waals surface area (Å²) >= 11 is 0. The Morgan fingerprint density at radius 3 is 2.58 bits per heavy atom. The van der Waals surface area contributed by atoms with E-state index >= 15 is 0 Å². The number of rotatable bonds is 8. The van der Waals surface area contributed by atoms with E-state index in [9.17, 15) is 21.6 Å². The lowest BCUT2D eigenvalue weighted by molar-refractivity contribution is -0.137. The van der Waals surface area contributed by atoms with Gasteiger partial charge in [0, 0.05) is 35.9 Å². The topological polar surface area (TPSA) is 99.6 Å². The number of halogens is 3. The molecule has 1 aliphatic heterocycles. The molecule has 2 aromatic carbocycles. The summed E-state index contributed by atoms with van der Waals surface area (Å²) in [6.07, 6.45) is -2.68. The van der Waals surface area contributed by atoms with Gasteiger partial charge < -0.3 is 14.2 Å². The molecule has 192 valence electrons. The standard InChI is InChI=1S/C24H24F3N3O5S/c1-23(18-7-5-16(24(25,26)27)14-20(18)35-13-12-33-2)9-11-34-21-15-17(6-8-19(21)23)36(31,32)30-22-4-3-10-28-29-22/h3-8,10,14-15H,9,11-13H2,1-2H3,(H,29,30)/t23-/m0/s1. The van der Waals surface area contributed by atoms with Gasteiger partial charge in [-0.2, -0.15) is 18.3 Å². The molecule has 4 rings (SSSR count). The van der Waals surface area contributed by atoms with E-state index in [2.05, 4.69) is 14.9 Å². The molecule has 0 aliphatic carbocycles. The number of aromatic nitrogens is 2. The van der Waals surface area contributed by atoms with Crippen molar-refractivity contribution in [2.75, 3.05) is 31.7 Å². The molecule has 0 fully saturated rings. The van der Waals surface area contributed by atoms with Crippen LogP contribution in [-0.2, 0) is 26.4 Å². The maximum absolute atomic E-state index is 13.4. The summed E-state index contributed by atoms with van der Waals surface area (Å²) < 4.78 is 84.8. The van der Waals surface area contributed by atoms with Gasteiger partial charge >= 0.3 is 6.18 Å². The maximum Gasteiger partial charge on any atom is 0.416 e. The molecule has 1 N–H and O–H groups in total. The van der Waals surface area contributed by atoms with Crippen LogP contribution in [0.4, 0.5) is 19.0 Å². The predicted molar refractivity (Wildman–Crippen MR) is 125 cm³/mol. The number of methoxy groups -OCH3 is 1. The predicted octanol–water partition coefficient (Wildman–Crippen LogP) is 4.41. The highest BCUT2D eigenvalue weighted by molar-refractivity contribution is 7.92. The molecule has 2 heterocycles. The van der Waals surface area contributed by atoms with Crippen LogP contribution in [0.5, 0.6) is 11.5 Å². The van der Waals surface area contributed by atoms with E-state index in [0.717, 1.165) is 12.1 Å². The van der Waals surface area contributed by atoms with Gasteiger partial charge in [0.1, 0.15) is 18.1 Å². The Morgan fingerprint density at radius 1 is 1.11 bits per heavy atom. The highest BCUT2D eigenvalue weighted by Gasteiger charge is 2.40. The molecule has 0 saturated carbocycles. The van der Waals surface area contributed by atoms with E-state index in [1.807, 2.05) is 6.92 Å². The highest BCUT2D eigenvalue weighted by Crippen LogP contribution is 2.48. The van der Waals surface area contributed by atoms with Gasteiger partial charge in [-0.3, -0.25) is 4.72 Å². The first-order chi connectivity index (χ1) is 17.0. The molecule has 8 nitrogen and oxygen atoms in total. The van der Waals surface area contributed by atoms with E-state index in [0.29, 0.717) is 23.3 Å². The fourth-order valence-corrected chi connectivity index (χ4v) is 5.10. The summed E-state index contributed by atoms with van der Waals surface area (Å²) in [5.41, 5.74) is -0.472. The number of sulfonamides is 1. The Morgan fingerprint density at radius 2 is 1.89 bits per heavy atom. The van der Waals surface area contributed by atoms with E-state index in [-0.39, 0.29) is 36.3 Å². The number of fused-ring (bicyclic) bond motifs is 1. The molecule has 0 bridgehead atoms. The first kappa shape index (κ1) is 25.7. The number of hydrogen-bond donors (Lipinski definition) is 1. The van der Waals surface area contributed by atoms with Crippen molar-refractivity contribution < 1.29 is 35.8 Å². The molecule has 1 aromatic heterocycles. The molecule has 0 spiro atoms. The van der Waals surface area contributed by atoms with E-state index in [4.69, 9.17) is 14.2 Å². The third-order valence-electron chi connectivity index (χ3n) is 5.98. The molecule has 1 aliphatic rings. The monoisotopic (exact) mass is 523 g/mol. The number of nitrogens with zero attached hydrogens (tertiary/aromatic N) is 2. The summed E-state index contributed by atoms with van der Waals surface area (Å²) in [5.74, 6) is 0.454. The van der Waals surface area contributed by atoms with Crippen molar-refractivity contribution in [2.24, 2.45) is 0 Å². The van der Waals surface area contributed by atoms with Crippen LogP contribution in [0.1, 0.15) is 30.0 Å². The van der Waals surface area contributed by atoms with Crippen LogP contribution in [-0.4, -0.2) is 45.5 Å². The highest BCUT2D eigenvalue weighted by atomic mass is 32.2. The SMILES string of the molecule is COCCOc1cc(C(F)(F)F)ccc1[C@]1(C)CCOc2cc(S(=O)(=O)Nc3cccnn3)ccc21. The molecule has 36 heavy (non-hydrogen) atoms. The summed E-state index contributed by atoms with van der Waals surface area (Å²) in [6, 6.07) is 10.8. The quantitative estimate of drug-likeness (QED) is 0.437. The van der Waals surface area contributed by atoms with Crippen molar-refractivity contribution in [3.05, 3.63) is 71.4 Å². The van der Waals surface area contributed by atoms with Crippen molar-refractivity contribution in [2.45, 2.75) is 29.8 Å². The Balaban J connectivity index is 1.74. The van der Waals surface area contributed by atoms with E-state index in [1.165, 1.54) is 37.6 Å². The second-order valence-electron chi connectivity index (χ2n) is 8.35. The van der Waals surface area contributed by atoms with Crippen LogP contribution < -0.4 is 14.2 Å². The zero-order valence-corrected chi connectivity index (χ0v) is 20.3. The molecule has 0 radical (unpaired) electrons. The normalized spacial score (nSPS) is 17.7. The Hall–Kier alpha value is -3.38. The van der Waals surface area contributed by atoms with Crippen molar-refractivity contribution in [3.63, 3.8) is 0 Å². The van der Waals surface area contributed by atoms with Gasteiger partial charge in [-0.15, -0.1) is 5.10 Å². The minimum absolute atomic E-state index is 0.0554. The van der Waals surface area contributed by atoms with Crippen LogP contribution in [0.25, 0.3) is 0 Å². The Bertz CT molecular complexity index is 1340.